The monoisotopic (exact) mass is 478 g/mol. The SMILES string of the molecule is CC1(C)CCC(Nc2ncc(C(F)(F)F)c(-c3c[nH]c4c3CCCN(C3COC3)C4=O)n2)CN1. The molecule has 8 nitrogen and oxygen atoms in total. The van der Waals surface area contributed by atoms with Crippen molar-refractivity contribution in [2.45, 2.75) is 63.3 Å². The summed E-state index contributed by atoms with van der Waals surface area (Å²) in [5.74, 6) is -0.0541. The molecule has 11 heteroatoms. The van der Waals surface area contributed by atoms with E-state index in [1.807, 2.05) is 0 Å². The summed E-state index contributed by atoms with van der Waals surface area (Å²) >= 11 is 0. The van der Waals surface area contributed by atoms with E-state index in [1.54, 1.807) is 4.90 Å². The number of halogens is 3. The van der Waals surface area contributed by atoms with Crippen LogP contribution in [0.5, 0.6) is 0 Å². The lowest BCUT2D eigenvalue weighted by Gasteiger charge is -2.36. The van der Waals surface area contributed by atoms with Crippen molar-refractivity contribution in [2.24, 2.45) is 0 Å². The zero-order valence-corrected chi connectivity index (χ0v) is 19.3. The van der Waals surface area contributed by atoms with Crippen molar-refractivity contribution in [2.75, 3.05) is 31.6 Å². The molecule has 2 aromatic rings. The number of nitrogens with one attached hydrogen (secondary N) is 3. The molecule has 0 bridgehead atoms. The Bertz CT molecular complexity index is 1070. The highest BCUT2D eigenvalue weighted by atomic mass is 19.4. The van der Waals surface area contributed by atoms with E-state index in [2.05, 4.69) is 39.4 Å². The fraction of sp³-hybridized carbons (Fsp3) is 0.609. The van der Waals surface area contributed by atoms with Gasteiger partial charge in [-0.15, -0.1) is 0 Å². The lowest BCUT2D eigenvalue weighted by molar-refractivity contribution is -0.137. The number of ether oxygens (including phenoxy) is 1. The van der Waals surface area contributed by atoms with Crippen LogP contribution in [0.2, 0.25) is 0 Å². The fourth-order valence-electron chi connectivity index (χ4n) is 4.83. The zero-order chi connectivity index (χ0) is 24.1. The van der Waals surface area contributed by atoms with Crippen LogP contribution in [0.25, 0.3) is 11.3 Å². The number of hydrogen-bond acceptors (Lipinski definition) is 6. The Labute approximate surface area is 195 Å². The van der Waals surface area contributed by atoms with Gasteiger partial charge in [-0.2, -0.15) is 13.2 Å². The van der Waals surface area contributed by atoms with Crippen LogP contribution in [0.1, 0.15) is 54.7 Å². The van der Waals surface area contributed by atoms with E-state index in [9.17, 15) is 18.0 Å². The summed E-state index contributed by atoms with van der Waals surface area (Å²) in [4.78, 5) is 26.1. The summed E-state index contributed by atoms with van der Waals surface area (Å²) in [7, 11) is 0. The summed E-state index contributed by atoms with van der Waals surface area (Å²) < 4.78 is 47.0. The molecular weight excluding hydrogens is 449 g/mol. The van der Waals surface area contributed by atoms with E-state index in [0.29, 0.717) is 56.0 Å². The number of piperidine rings is 1. The quantitative estimate of drug-likeness (QED) is 0.625. The van der Waals surface area contributed by atoms with Gasteiger partial charge in [-0.05, 0) is 45.1 Å². The molecule has 0 radical (unpaired) electrons. The first-order valence-corrected chi connectivity index (χ1v) is 11.7. The summed E-state index contributed by atoms with van der Waals surface area (Å²) in [5.41, 5.74) is 0.113. The first-order valence-electron chi connectivity index (χ1n) is 11.7. The van der Waals surface area contributed by atoms with E-state index in [-0.39, 0.29) is 35.2 Å². The smallest absolute Gasteiger partial charge is 0.377 e. The third-order valence-corrected chi connectivity index (χ3v) is 6.98. The number of rotatable bonds is 4. The molecule has 5 rings (SSSR count). The van der Waals surface area contributed by atoms with Crippen LogP contribution in [-0.4, -0.2) is 69.7 Å². The maximum atomic E-state index is 13.9. The van der Waals surface area contributed by atoms with Gasteiger partial charge in [0.25, 0.3) is 5.91 Å². The highest BCUT2D eigenvalue weighted by Crippen LogP contribution is 2.39. The number of nitrogens with zero attached hydrogens (tertiary/aromatic N) is 3. The Morgan fingerprint density at radius 3 is 2.74 bits per heavy atom. The van der Waals surface area contributed by atoms with Crippen LogP contribution in [0.3, 0.4) is 0 Å². The number of amides is 1. The Morgan fingerprint density at radius 1 is 1.29 bits per heavy atom. The number of alkyl halides is 3. The van der Waals surface area contributed by atoms with Crippen LogP contribution in [-0.2, 0) is 17.3 Å². The molecular formula is C23H29F3N6O2. The van der Waals surface area contributed by atoms with Crippen LogP contribution in [0.15, 0.2) is 12.4 Å². The van der Waals surface area contributed by atoms with Crippen LogP contribution in [0, 0.1) is 0 Å². The summed E-state index contributed by atoms with van der Waals surface area (Å²) in [6, 6.07) is 0.0284. The number of hydrogen-bond donors (Lipinski definition) is 3. The van der Waals surface area contributed by atoms with E-state index in [0.717, 1.165) is 19.0 Å². The maximum absolute atomic E-state index is 13.9. The van der Waals surface area contributed by atoms with Crippen molar-refractivity contribution >= 4 is 11.9 Å². The van der Waals surface area contributed by atoms with Crippen molar-refractivity contribution in [3.63, 3.8) is 0 Å². The number of anilines is 1. The average molecular weight is 479 g/mol. The second-order valence-corrected chi connectivity index (χ2v) is 9.95. The Balaban J connectivity index is 1.48. The number of carbonyl (C=O) groups excluding carboxylic acids is 1. The van der Waals surface area contributed by atoms with Gasteiger partial charge in [0.2, 0.25) is 5.95 Å². The minimum atomic E-state index is -4.63. The third kappa shape index (κ3) is 4.38. The molecule has 34 heavy (non-hydrogen) atoms. The van der Waals surface area contributed by atoms with Gasteiger partial charge in [-0.1, -0.05) is 0 Å². The summed E-state index contributed by atoms with van der Waals surface area (Å²) in [5, 5.41) is 6.61. The van der Waals surface area contributed by atoms with Gasteiger partial charge in [-0.25, -0.2) is 9.97 Å². The lowest BCUT2D eigenvalue weighted by Crippen LogP contribution is -2.51. The standard InChI is InChI=1S/C23H29F3N6O2/c1-22(2)6-5-13(8-29-22)30-21-28-10-17(23(24,25)26)18(31-21)16-9-27-19-15(16)4-3-7-32(20(19)33)14-11-34-12-14/h9-10,13-14,27,29H,3-8,11-12H2,1-2H3,(H,28,30,31). The van der Waals surface area contributed by atoms with Gasteiger partial charge >= 0.3 is 6.18 Å². The van der Waals surface area contributed by atoms with Crippen LogP contribution >= 0.6 is 0 Å². The van der Waals surface area contributed by atoms with Gasteiger partial charge in [0.15, 0.2) is 0 Å². The number of fused-ring (bicyclic) bond motifs is 1. The van der Waals surface area contributed by atoms with Crippen LogP contribution < -0.4 is 10.6 Å². The second-order valence-electron chi connectivity index (χ2n) is 9.95. The normalized spacial score (nSPS) is 23.3. The third-order valence-electron chi connectivity index (χ3n) is 6.98. The maximum Gasteiger partial charge on any atom is 0.419 e. The van der Waals surface area contributed by atoms with Crippen molar-refractivity contribution in [3.8, 4) is 11.3 Å². The molecule has 1 amide bonds. The van der Waals surface area contributed by atoms with Gasteiger partial charge in [0.1, 0.15) is 11.3 Å². The van der Waals surface area contributed by atoms with E-state index >= 15 is 0 Å². The van der Waals surface area contributed by atoms with Crippen molar-refractivity contribution in [3.05, 3.63) is 29.2 Å². The van der Waals surface area contributed by atoms with Gasteiger partial charge < -0.3 is 25.3 Å². The predicted octanol–water partition coefficient (Wildman–Crippen LogP) is 3.22. The van der Waals surface area contributed by atoms with E-state index in [1.165, 1.54) is 6.20 Å². The molecule has 5 heterocycles. The average Bonchev–Trinajstić information content (AvgIpc) is 3.09. The molecule has 2 fully saturated rings. The van der Waals surface area contributed by atoms with Crippen LogP contribution in [0.4, 0.5) is 19.1 Å². The van der Waals surface area contributed by atoms with Crippen molar-refractivity contribution < 1.29 is 22.7 Å². The summed E-state index contributed by atoms with van der Waals surface area (Å²) in [6.07, 6.45) is 0.591. The minimum absolute atomic E-state index is 0.0138. The molecule has 184 valence electrons. The first-order chi connectivity index (χ1) is 16.1. The first kappa shape index (κ1) is 23.1. The molecule has 0 spiro atoms. The Kier molecular flexibility index (Phi) is 5.79. The topological polar surface area (TPSA) is 95.2 Å². The number of aromatic amines is 1. The number of carbonyl (C=O) groups is 1. The minimum Gasteiger partial charge on any atom is -0.377 e. The fourth-order valence-corrected chi connectivity index (χ4v) is 4.83. The molecule has 3 N–H and O–H groups in total. The lowest BCUT2D eigenvalue weighted by atomic mass is 9.91. The molecule has 1 unspecified atom stereocenters. The predicted molar refractivity (Wildman–Crippen MR) is 120 cm³/mol. The molecule has 0 saturated carbocycles. The molecule has 3 aliphatic heterocycles. The second kappa shape index (κ2) is 8.53. The van der Waals surface area contributed by atoms with Crippen molar-refractivity contribution in [1.82, 2.24) is 25.2 Å². The highest BCUT2D eigenvalue weighted by molar-refractivity contribution is 5.97. The Hall–Kier alpha value is -2.66. The van der Waals surface area contributed by atoms with Gasteiger partial charge in [0, 0.05) is 42.6 Å². The van der Waals surface area contributed by atoms with Gasteiger partial charge in [-0.3, -0.25) is 4.79 Å². The highest BCUT2D eigenvalue weighted by Gasteiger charge is 2.39. The molecule has 1 atom stereocenters. The molecule has 2 saturated heterocycles. The number of aromatic nitrogens is 3. The molecule has 2 aromatic heterocycles. The van der Waals surface area contributed by atoms with Gasteiger partial charge in [0.05, 0.1) is 24.9 Å². The largest absolute Gasteiger partial charge is 0.419 e. The Morgan fingerprint density at radius 2 is 2.09 bits per heavy atom. The van der Waals surface area contributed by atoms with E-state index < -0.39 is 11.7 Å². The molecule has 0 aliphatic carbocycles. The zero-order valence-electron chi connectivity index (χ0n) is 19.3. The number of H-pyrrole nitrogens is 1. The molecule has 3 aliphatic rings. The van der Waals surface area contributed by atoms with Crippen molar-refractivity contribution in [1.29, 1.82) is 0 Å². The molecule has 0 aromatic carbocycles. The summed E-state index contributed by atoms with van der Waals surface area (Å²) in [6.45, 7) is 6.42. The van der Waals surface area contributed by atoms with E-state index in [4.69, 9.17) is 4.74 Å².